The third-order valence-corrected chi connectivity index (χ3v) is 4.61. The number of hydrogen-bond donors (Lipinski definition) is 1. The van der Waals surface area contributed by atoms with E-state index in [-0.39, 0.29) is 11.9 Å². The Hall–Kier alpha value is -2.88. The molecule has 26 heavy (non-hydrogen) atoms. The lowest BCUT2D eigenvalue weighted by atomic mass is 10.1. The van der Waals surface area contributed by atoms with Crippen molar-refractivity contribution in [3.63, 3.8) is 0 Å². The lowest BCUT2D eigenvalue weighted by Crippen LogP contribution is -2.33. The number of para-hydroxylation sites is 1. The molecule has 3 rings (SSSR count). The minimum absolute atomic E-state index is 0.0530. The lowest BCUT2D eigenvalue weighted by Gasteiger charge is -2.14. The molecule has 1 atom stereocenters. The molecule has 2 aromatic carbocycles. The maximum Gasteiger partial charge on any atom is 0.255 e. The van der Waals surface area contributed by atoms with Gasteiger partial charge in [0.1, 0.15) is 0 Å². The number of carbonyl (C=O) groups is 1. The van der Waals surface area contributed by atoms with Gasteiger partial charge in [0.25, 0.3) is 5.91 Å². The molecule has 0 saturated carbocycles. The number of benzene rings is 2. The van der Waals surface area contributed by atoms with Gasteiger partial charge in [0.05, 0.1) is 22.6 Å². The van der Waals surface area contributed by atoms with Gasteiger partial charge in [-0.05, 0) is 51.3 Å². The Labute approximate surface area is 154 Å². The fourth-order valence-electron chi connectivity index (χ4n) is 3.19. The Kier molecular flexibility index (Phi) is 5.52. The standard InChI is InChI=1S/C22H25N3O/c1-16(14-15-19-10-6-4-7-11-19)23-22(26)21-17(2)24-25(18(21)3)20-12-8-5-9-13-20/h4-13,16H,14-15H2,1-3H3,(H,23,26)/t16-/m1/s1. The van der Waals surface area contributed by atoms with E-state index < -0.39 is 0 Å². The van der Waals surface area contributed by atoms with Crippen LogP contribution in [0.25, 0.3) is 5.69 Å². The first kappa shape index (κ1) is 17.9. The van der Waals surface area contributed by atoms with Gasteiger partial charge in [-0.3, -0.25) is 4.79 Å². The maximum atomic E-state index is 12.8. The molecule has 0 aliphatic heterocycles. The molecule has 4 nitrogen and oxygen atoms in total. The van der Waals surface area contributed by atoms with Gasteiger partial charge >= 0.3 is 0 Å². The minimum Gasteiger partial charge on any atom is -0.349 e. The zero-order chi connectivity index (χ0) is 18.5. The van der Waals surface area contributed by atoms with Crippen LogP contribution < -0.4 is 5.32 Å². The molecule has 0 spiro atoms. The number of amides is 1. The topological polar surface area (TPSA) is 46.9 Å². The molecule has 0 fully saturated rings. The van der Waals surface area contributed by atoms with Gasteiger partial charge in [-0.1, -0.05) is 48.5 Å². The first-order chi connectivity index (χ1) is 12.6. The molecule has 1 heterocycles. The molecule has 0 bridgehead atoms. The highest BCUT2D eigenvalue weighted by molar-refractivity contribution is 5.96. The van der Waals surface area contributed by atoms with Gasteiger partial charge < -0.3 is 5.32 Å². The van der Waals surface area contributed by atoms with Crippen molar-refractivity contribution in [1.82, 2.24) is 15.1 Å². The number of nitrogens with one attached hydrogen (secondary N) is 1. The van der Waals surface area contributed by atoms with E-state index in [1.54, 1.807) is 0 Å². The summed E-state index contributed by atoms with van der Waals surface area (Å²) in [4.78, 5) is 12.8. The summed E-state index contributed by atoms with van der Waals surface area (Å²) in [6.07, 6.45) is 1.85. The zero-order valence-corrected chi connectivity index (χ0v) is 15.6. The highest BCUT2D eigenvalue weighted by Gasteiger charge is 2.20. The molecule has 1 N–H and O–H groups in total. The number of rotatable bonds is 6. The van der Waals surface area contributed by atoms with Crippen molar-refractivity contribution in [2.75, 3.05) is 0 Å². The molecule has 0 saturated heterocycles. The van der Waals surface area contributed by atoms with Crippen LogP contribution in [0, 0.1) is 13.8 Å². The molecule has 0 radical (unpaired) electrons. The summed E-state index contributed by atoms with van der Waals surface area (Å²) in [5.74, 6) is -0.0530. The quantitative estimate of drug-likeness (QED) is 0.725. The van der Waals surface area contributed by atoms with E-state index in [1.165, 1.54) is 5.56 Å². The van der Waals surface area contributed by atoms with Crippen molar-refractivity contribution in [1.29, 1.82) is 0 Å². The summed E-state index contributed by atoms with van der Waals surface area (Å²) in [5, 5.41) is 7.68. The van der Waals surface area contributed by atoms with Gasteiger partial charge in [-0.25, -0.2) is 4.68 Å². The lowest BCUT2D eigenvalue weighted by molar-refractivity contribution is 0.0937. The molecule has 3 aromatic rings. The average Bonchev–Trinajstić information content (AvgIpc) is 2.96. The summed E-state index contributed by atoms with van der Waals surface area (Å²) in [6, 6.07) is 20.3. The van der Waals surface area contributed by atoms with Crippen LogP contribution in [0.5, 0.6) is 0 Å². The van der Waals surface area contributed by atoms with Crippen LogP contribution in [0.1, 0.15) is 40.7 Å². The Morgan fingerprint density at radius 3 is 2.31 bits per heavy atom. The minimum atomic E-state index is -0.0530. The molecule has 134 valence electrons. The molecule has 0 aliphatic rings. The summed E-state index contributed by atoms with van der Waals surface area (Å²) in [6.45, 7) is 5.87. The number of carbonyl (C=O) groups excluding carboxylic acids is 1. The van der Waals surface area contributed by atoms with E-state index in [2.05, 4.69) is 22.5 Å². The van der Waals surface area contributed by atoms with Crippen LogP contribution in [0.15, 0.2) is 60.7 Å². The van der Waals surface area contributed by atoms with Gasteiger partial charge in [0, 0.05) is 6.04 Å². The van der Waals surface area contributed by atoms with Crippen LogP contribution in [-0.2, 0) is 6.42 Å². The number of aryl methyl sites for hydroxylation is 2. The third kappa shape index (κ3) is 4.02. The Morgan fingerprint density at radius 1 is 1.04 bits per heavy atom. The third-order valence-electron chi connectivity index (χ3n) is 4.61. The normalized spacial score (nSPS) is 12.0. The van der Waals surface area contributed by atoms with Crippen molar-refractivity contribution in [2.24, 2.45) is 0 Å². The van der Waals surface area contributed by atoms with Crippen LogP contribution in [0.3, 0.4) is 0 Å². The highest BCUT2D eigenvalue weighted by atomic mass is 16.1. The second kappa shape index (κ2) is 8.00. The molecule has 0 aliphatic carbocycles. The van der Waals surface area contributed by atoms with Crippen molar-refractivity contribution >= 4 is 5.91 Å². The van der Waals surface area contributed by atoms with Crippen molar-refractivity contribution in [2.45, 2.75) is 39.7 Å². The van der Waals surface area contributed by atoms with Gasteiger partial charge in [-0.15, -0.1) is 0 Å². The molecule has 4 heteroatoms. The van der Waals surface area contributed by atoms with Crippen molar-refractivity contribution in [3.8, 4) is 5.69 Å². The van der Waals surface area contributed by atoms with E-state index in [9.17, 15) is 4.79 Å². The second-order valence-electron chi connectivity index (χ2n) is 6.69. The summed E-state index contributed by atoms with van der Waals surface area (Å²) in [5.41, 5.74) is 4.53. The largest absolute Gasteiger partial charge is 0.349 e. The van der Waals surface area contributed by atoms with E-state index >= 15 is 0 Å². The Morgan fingerprint density at radius 2 is 1.65 bits per heavy atom. The number of nitrogens with zero attached hydrogens (tertiary/aromatic N) is 2. The summed E-state index contributed by atoms with van der Waals surface area (Å²) >= 11 is 0. The van der Waals surface area contributed by atoms with Crippen LogP contribution in [0.2, 0.25) is 0 Å². The van der Waals surface area contributed by atoms with E-state index in [0.29, 0.717) is 5.56 Å². The molecule has 1 amide bonds. The van der Waals surface area contributed by atoms with Gasteiger partial charge in [0.15, 0.2) is 0 Å². The van der Waals surface area contributed by atoms with Gasteiger partial charge in [-0.2, -0.15) is 5.10 Å². The smallest absolute Gasteiger partial charge is 0.255 e. The second-order valence-corrected chi connectivity index (χ2v) is 6.69. The molecule has 1 aromatic heterocycles. The SMILES string of the molecule is Cc1nn(-c2ccccc2)c(C)c1C(=O)N[C@H](C)CCc1ccccc1. The first-order valence-corrected chi connectivity index (χ1v) is 9.02. The molecule has 0 unspecified atom stereocenters. The number of aromatic nitrogens is 2. The highest BCUT2D eigenvalue weighted by Crippen LogP contribution is 2.18. The van der Waals surface area contributed by atoms with E-state index in [4.69, 9.17) is 0 Å². The fraction of sp³-hybridized carbons (Fsp3) is 0.273. The predicted molar refractivity (Wildman–Crippen MR) is 105 cm³/mol. The summed E-state index contributed by atoms with van der Waals surface area (Å²) < 4.78 is 1.83. The monoisotopic (exact) mass is 347 g/mol. The summed E-state index contributed by atoms with van der Waals surface area (Å²) in [7, 11) is 0. The average molecular weight is 347 g/mol. The number of hydrogen-bond acceptors (Lipinski definition) is 2. The first-order valence-electron chi connectivity index (χ1n) is 9.02. The fourth-order valence-corrected chi connectivity index (χ4v) is 3.19. The zero-order valence-electron chi connectivity index (χ0n) is 15.6. The van der Waals surface area contributed by atoms with Crippen LogP contribution in [-0.4, -0.2) is 21.7 Å². The predicted octanol–water partition coefficient (Wildman–Crippen LogP) is 4.24. The van der Waals surface area contributed by atoms with E-state index in [1.807, 2.05) is 74.0 Å². The van der Waals surface area contributed by atoms with Crippen molar-refractivity contribution in [3.05, 3.63) is 83.2 Å². The Bertz CT molecular complexity index is 869. The maximum absolute atomic E-state index is 12.8. The van der Waals surface area contributed by atoms with E-state index in [0.717, 1.165) is 29.9 Å². The van der Waals surface area contributed by atoms with Crippen molar-refractivity contribution < 1.29 is 4.79 Å². The van der Waals surface area contributed by atoms with Crippen LogP contribution >= 0.6 is 0 Å². The molecular weight excluding hydrogens is 322 g/mol. The van der Waals surface area contributed by atoms with Crippen LogP contribution in [0.4, 0.5) is 0 Å². The Balaban J connectivity index is 1.69. The van der Waals surface area contributed by atoms with Gasteiger partial charge in [0.2, 0.25) is 0 Å². The molecular formula is C22H25N3O.